The quantitative estimate of drug-likeness (QED) is 0.854. The highest BCUT2D eigenvalue weighted by Crippen LogP contribution is 2.34. The molecule has 0 aromatic carbocycles. The molecule has 14 heavy (non-hydrogen) atoms. The molecule has 0 radical (unpaired) electrons. The standard InChI is InChI=1S/C8H12BrNO3S/c1-8(11,7(12-2)13-3)5-6(9)10-4-14-5/h4,7,11H,1-3H3. The molecule has 0 bridgehead atoms. The van der Waals surface area contributed by atoms with Gasteiger partial charge in [0.25, 0.3) is 0 Å². The maximum absolute atomic E-state index is 10.2. The van der Waals surface area contributed by atoms with Crippen molar-refractivity contribution in [3.63, 3.8) is 0 Å². The summed E-state index contributed by atoms with van der Waals surface area (Å²) in [6.45, 7) is 1.63. The third-order valence-electron chi connectivity index (χ3n) is 1.87. The first-order chi connectivity index (χ1) is 6.54. The van der Waals surface area contributed by atoms with Crippen LogP contribution in [0.1, 0.15) is 11.8 Å². The van der Waals surface area contributed by atoms with Crippen molar-refractivity contribution in [3.05, 3.63) is 15.0 Å². The van der Waals surface area contributed by atoms with Gasteiger partial charge in [-0.25, -0.2) is 4.98 Å². The molecular formula is C8H12BrNO3S. The van der Waals surface area contributed by atoms with E-state index in [0.29, 0.717) is 9.48 Å². The lowest BCUT2D eigenvalue weighted by Gasteiger charge is -2.29. The lowest BCUT2D eigenvalue weighted by Crippen LogP contribution is -2.38. The smallest absolute Gasteiger partial charge is 0.190 e. The predicted octanol–water partition coefficient (Wildman–Crippen LogP) is 1.73. The van der Waals surface area contributed by atoms with Crippen LogP contribution in [0.2, 0.25) is 0 Å². The second-order valence-electron chi connectivity index (χ2n) is 2.92. The van der Waals surface area contributed by atoms with Gasteiger partial charge in [0.2, 0.25) is 0 Å². The molecule has 0 amide bonds. The number of thiazole rings is 1. The van der Waals surface area contributed by atoms with E-state index in [1.807, 2.05) is 0 Å². The lowest BCUT2D eigenvalue weighted by molar-refractivity contribution is -0.212. The van der Waals surface area contributed by atoms with Crippen molar-refractivity contribution in [2.45, 2.75) is 18.8 Å². The van der Waals surface area contributed by atoms with Gasteiger partial charge in [0.1, 0.15) is 10.2 Å². The Morgan fingerprint density at radius 2 is 2.14 bits per heavy atom. The topological polar surface area (TPSA) is 51.6 Å². The molecule has 0 fully saturated rings. The van der Waals surface area contributed by atoms with Crippen LogP contribution in [-0.4, -0.2) is 30.6 Å². The summed E-state index contributed by atoms with van der Waals surface area (Å²) in [4.78, 5) is 4.68. The minimum absolute atomic E-state index is 0.617. The normalized spacial score (nSPS) is 15.9. The largest absolute Gasteiger partial charge is 0.379 e. The van der Waals surface area contributed by atoms with Gasteiger partial charge in [-0.2, -0.15) is 0 Å². The molecule has 1 unspecified atom stereocenters. The van der Waals surface area contributed by atoms with E-state index in [1.165, 1.54) is 25.6 Å². The first-order valence-corrected chi connectivity index (χ1v) is 5.58. The molecule has 0 saturated carbocycles. The highest BCUT2D eigenvalue weighted by Gasteiger charge is 2.37. The van der Waals surface area contributed by atoms with Gasteiger partial charge in [-0.05, 0) is 22.9 Å². The van der Waals surface area contributed by atoms with E-state index in [1.54, 1.807) is 12.4 Å². The fraction of sp³-hybridized carbons (Fsp3) is 0.625. The third-order valence-corrected chi connectivity index (χ3v) is 3.79. The van der Waals surface area contributed by atoms with E-state index in [4.69, 9.17) is 9.47 Å². The number of hydrogen-bond donors (Lipinski definition) is 1. The summed E-state index contributed by atoms with van der Waals surface area (Å²) in [6, 6.07) is 0. The summed E-state index contributed by atoms with van der Waals surface area (Å²) in [7, 11) is 2.97. The average Bonchev–Trinajstić information content (AvgIpc) is 2.53. The Bertz CT molecular complexity index is 299. The number of halogens is 1. The van der Waals surface area contributed by atoms with Crippen molar-refractivity contribution >= 4 is 27.3 Å². The molecule has 0 aliphatic heterocycles. The highest BCUT2D eigenvalue weighted by molar-refractivity contribution is 9.10. The number of aliphatic hydroxyl groups is 1. The minimum Gasteiger partial charge on any atom is -0.379 e. The molecule has 0 spiro atoms. The third kappa shape index (κ3) is 2.14. The summed E-state index contributed by atoms with van der Waals surface area (Å²) in [5, 5.41) is 10.2. The zero-order valence-electron chi connectivity index (χ0n) is 8.15. The number of rotatable bonds is 4. The summed E-state index contributed by atoms with van der Waals surface area (Å²) in [5.74, 6) is 0. The molecule has 1 aromatic rings. The van der Waals surface area contributed by atoms with Crippen LogP contribution in [0.5, 0.6) is 0 Å². The molecule has 4 nitrogen and oxygen atoms in total. The average molecular weight is 282 g/mol. The van der Waals surface area contributed by atoms with Crippen LogP contribution in [0.4, 0.5) is 0 Å². The van der Waals surface area contributed by atoms with Crippen LogP contribution in [0, 0.1) is 0 Å². The van der Waals surface area contributed by atoms with E-state index in [0.717, 1.165) is 0 Å². The minimum atomic E-state index is -1.20. The Balaban J connectivity index is 3.00. The molecule has 1 rings (SSSR count). The molecule has 0 saturated heterocycles. The maximum atomic E-state index is 10.2. The fourth-order valence-electron chi connectivity index (χ4n) is 1.22. The summed E-state index contributed by atoms with van der Waals surface area (Å²) < 4.78 is 10.7. The second kappa shape index (κ2) is 4.67. The predicted molar refractivity (Wildman–Crippen MR) is 57.2 cm³/mol. The van der Waals surface area contributed by atoms with Crippen LogP contribution in [-0.2, 0) is 15.1 Å². The molecule has 0 aliphatic carbocycles. The monoisotopic (exact) mass is 281 g/mol. The number of aromatic nitrogens is 1. The van der Waals surface area contributed by atoms with Gasteiger partial charge in [0.15, 0.2) is 6.29 Å². The Morgan fingerprint density at radius 3 is 2.50 bits per heavy atom. The van der Waals surface area contributed by atoms with Crippen LogP contribution in [0.25, 0.3) is 0 Å². The van der Waals surface area contributed by atoms with E-state index >= 15 is 0 Å². The Morgan fingerprint density at radius 1 is 1.57 bits per heavy atom. The van der Waals surface area contributed by atoms with Crippen molar-refractivity contribution in [2.75, 3.05) is 14.2 Å². The molecule has 1 heterocycles. The first kappa shape index (κ1) is 12.1. The van der Waals surface area contributed by atoms with Crippen molar-refractivity contribution in [1.29, 1.82) is 0 Å². The number of nitrogens with zero attached hydrogens (tertiary/aromatic N) is 1. The Hall–Kier alpha value is -0.0100. The van der Waals surface area contributed by atoms with E-state index in [-0.39, 0.29) is 0 Å². The van der Waals surface area contributed by atoms with Gasteiger partial charge in [-0.3, -0.25) is 0 Å². The summed E-state index contributed by atoms with van der Waals surface area (Å²) in [5.41, 5.74) is 0.444. The SMILES string of the molecule is COC(OC)C(C)(O)c1scnc1Br. The maximum Gasteiger partial charge on any atom is 0.190 e. The van der Waals surface area contributed by atoms with E-state index < -0.39 is 11.9 Å². The van der Waals surface area contributed by atoms with Crippen LogP contribution < -0.4 is 0 Å². The molecule has 1 aromatic heterocycles. The molecule has 1 atom stereocenters. The zero-order valence-corrected chi connectivity index (χ0v) is 10.6. The summed E-state index contributed by atoms with van der Waals surface area (Å²) in [6.07, 6.45) is -0.709. The Labute approximate surface area is 95.0 Å². The van der Waals surface area contributed by atoms with Crippen molar-refractivity contribution in [2.24, 2.45) is 0 Å². The van der Waals surface area contributed by atoms with E-state index in [2.05, 4.69) is 20.9 Å². The number of ether oxygens (including phenoxy) is 2. The molecule has 0 aliphatic rings. The number of methoxy groups -OCH3 is 2. The summed E-state index contributed by atoms with van der Waals surface area (Å²) >= 11 is 4.60. The molecule has 1 N–H and O–H groups in total. The second-order valence-corrected chi connectivity index (χ2v) is 4.53. The molecule has 80 valence electrons. The lowest BCUT2D eigenvalue weighted by atomic mass is 10.1. The van der Waals surface area contributed by atoms with Gasteiger partial charge in [0.05, 0.1) is 10.4 Å². The van der Waals surface area contributed by atoms with Gasteiger partial charge < -0.3 is 14.6 Å². The van der Waals surface area contributed by atoms with Gasteiger partial charge in [-0.15, -0.1) is 11.3 Å². The molecular weight excluding hydrogens is 270 g/mol. The van der Waals surface area contributed by atoms with Gasteiger partial charge in [-0.1, -0.05) is 0 Å². The van der Waals surface area contributed by atoms with Crippen LogP contribution >= 0.6 is 27.3 Å². The van der Waals surface area contributed by atoms with Crippen molar-refractivity contribution < 1.29 is 14.6 Å². The van der Waals surface area contributed by atoms with Crippen molar-refractivity contribution in [1.82, 2.24) is 4.98 Å². The zero-order chi connectivity index (χ0) is 10.8. The van der Waals surface area contributed by atoms with Gasteiger partial charge in [0, 0.05) is 14.2 Å². The van der Waals surface area contributed by atoms with Crippen molar-refractivity contribution in [3.8, 4) is 0 Å². The number of hydrogen-bond acceptors (Lipinski definition) is 5. The highest BCUT2D eigenvalue weighted by atomic mass is 79.9. The van der Waals surface area contributed by atoms with Crippen LogP contribution in [0.15, 0.2) is 10.1 Å². The van der Waals surface area contributed by atoms with Crippen LogP contribution in [0.3, 0.4) is 0 Å². The van der Waals surface area contributed by atoms with E-state index in [9.17, 15) is 5.11 Å². The first-order valence-electron chi connectivity index (χ1n) is 3.91. The fourth-order valence-corrected chi connectivity index (χ4v) is 2.89. The molecule has 6 heteroatoms. The van der Waals surface area contributed by atoms with Gasteiger partial charge >= 0.3 is 0 Å². The Kier molecular flexibility index (Phi) is 4.03.